The highest BCUT2D eigenvalue weighted by atomic mass is 35.5. The molecule has 5 nitrogen and oxygen atoms in total. The van der Waals surface area contributed by atoms with Crippen molar-refractivity contribution in [2.45, 2.75) is 13.0 Å². The number of rotatable bonds is 4. The highest BCUT2D eigenvalue weighted by molar-refractivity contribution is 7.80. The molecule has 8 heteroatoms. The highest BCUT2D eigenvalue weighted by Crippen LogP contribution is 2.39. The van der Waals surface area contributed by atoms with Crippen molar-refractivity contribution in [3.8, 4) is 11.4 Å². The molecule has 0 radical (unpaired) electrons. The summed E-state index contributed by atoms with van der Waals surface area (Å²) in [6, 6.07) is 23.0. The number of aromatic nitrogens is 2. The molecule has 2 heterocycles. The SMILES string of the molecule is CC1=C(c2nc(-c3ccc(F)cc3)no2)C(c2cccc(Cl)c2)NC(=S)N1c1ccccc1. The Labute approximate surface area is 200 Å². The minimum Gasteiger partial charge on any atom is -0.351 e. The van der Waals surface area contributed by atoms with Gasteiger partial charge in [0.05, 0.1) is 11.6 Å². The van der Waals surface area contributed by atoms with Crippen LogP contribution in [0.4, 0.5) is 10.1 Å². The van der Waals surface area contributed by atoms with E-state index in [1.807, 2.05) is 66.4 Å². The molecule has 0 bridgehead atoms. The Morgan fingerprint density at radius 2 is 1.79 bits per heavy atom. The zero-order valence-electron chi connectivity index (χ0n) is 17.5. The van der Waals surface area contributed by atoms with Crippen molar-refractivity contribution in [1.29, 1.82) is 0 Å². The van der Waals surface area contributed by atoms with E-state index in [1.54, 1.807) is 12.1 Å². The predicted octanol–water partition coefficient (Wildman–Crippen LogP) is 6.40. The van der Waals surface area contributed by atoms with Crippen LogP contribution in [-0.2, 0) is 0 Å². The first-order valence-corrected chi connectivity index (χ1v) is 11.0. The van der Waals surface area contributed by atoms with Crippen LogP contribution in [0.5, 0.6) is 0 Å². The molecule has 0 saturated heterocycles. The second-order valence-corrected chi connectivity index (χ2v) is 8.36. The summed E-state index contributed by atoms with van der Waals surface area (Å²) in [4.78, 5) is 6.57. The average Bonchev–Trinajstić information content (AvgIpc) is 3.29. The van der Waals surface area contributed by atoms with Crippen molar-refractivity contribution in [1.82, 2.24) is 15.5 Å². The van der Waals surface area contributed by atoms with Crippen LogP contribution < -0.4 is 10.2 Å². The maximum absolute atomic E-state index is 13.4. The van der Waals surface area contributed by atoms with Crippen LogP contribution in [0.3, 0.4) is 0 Å². The minimum absolute atomic E-state index is 0.328. The molecule has 1 aromatic heterocycles. The fraction of sp³-hybridized carbons (Fsp3) is 0.0800. The zero-order chi connectivity index (χ0) is 22.9. The van der Waals surface area contributed by atoms with Gasteiger partial charge in [-0.1, -0.05) is 47.1 Å². The van der Waals surface area contributed by atoms with Crippen LogP contribution >= 0.6 is 23.8 Å². The van der Waals surface area contributed by atoms with E-state index in [-0.39, 0.29) is 11.9 Å². The largest absolute Gasteiger partial charge is 0.351 e. The van der Waals surface area contributed by atoms with Gasteiger partial charge in [-0.3, -0.25) is 4.90 Å². The molecule has 33 heavy (non-hydrogen) atoms. The average molecular weight is 477 g/mol. The van der Waals surface area contributed by atoms with Gasteiger partial charge >= 0.3 is 0 Å². The van der Waals surface area contributed by atoms with Gasteiger partial charge in [-0.25, -0.2) is 4.39 Å². The normalized spacial score (nSPS) is 16.2. The van der Waals surface area contributed by atoms with E-state index in [2.05, 4.69) is 15.5 Å². The third-order valence-electron chi connectivity index (χ3n) is 5.44. The van der Waals surface area contributed by atoms with Crippen molar-refractivity contribution in [3.63, 3.8) is 0 Å². The summed E-state index contributed by atoms with van der Waals surface area (Å²) in [6.07, 6.45) is 0. The molecule has 1 aliphatic heterocycles. The number of hydrogen-bond acceptors (Lipinski definition) is 4. The maximum Gasteiger partial charge on any atom is 0.258 e. The number of anilines is 1. The molecule has 3 aromatic carbocycles. The molecule has 0 amide bonds. The van der Waals surface area contributed by atoms with E-state index in [4.69, 9.17) is 28.3 Å². The van der Waals surface area contributed by atoms with E-state index in [0.717, 1.165) is 22.5 Å². The standard InChI is InChI=1S/C25H18ClFN4OS/c1-15-21(24-29-23(30-32-24)16-10-12-19(27)13-11-16)22(17-6-5-7-18(26)14-17)28-25(33)31(15)20-8-3-2-4-9-20/h2-14,22H,1H3,(H,28,33). The lowest BCUT2D eigenvalue weighted by Crippen LogP contribution is -2.46. The third-order valence-corrected chi connectivity index (χ3v) is 5.98. The lowest BCUT2D eigenvalue weighted by Gasteiger charge is -2.37. The number of thiocarbonyl (C=S) groups is 1. The quantitative estimate of drug-likeness (QED) is 0.344. The maximum atomic E-state index is 13.4. The van der Waals surface area contributed by atoms with Crippen LogP contribution in [-0.4, -0.2) is 15.3 Å². The molecule has 164 valence electrons. The number of para-hydroxylation sites is 1. The second-order valence-electron chi connectivity index (χ2n) is 7.54. The molecule has 1 unspecified atom stereocenters. The van der Waals surface area contributed by atoms with Gasteiger partial charge in [-0.2, -0.15) is 4.98 Å². The minimum atomic E-state index is -0.349. The van der Waals surface area contributed by atoms with Crippen LogP contribution in [0.15, 0.2) is 89.1 Å². The van der Waals surface area contributed by atoms with Crippen LogP contribution in [0.25, 0.3) is 17.0 Å². The monoisotopic (exact) mass is 476 g/mol. The Morgan fingerprint density at radius 1 is 1.03 bits per heavy atom. The molecule has 4 aromatic rings. The number of nitrogens with zero attached hydrogens (tertiary/aromatic N) is 3. The fourth-order valence-corrected chi connectivity index (χ4v) is 4.45. The van der Waals surface area contributed by atoms with Gasteiger partial charge in [0.15, 0.2) is 5.11 Å². The molecule has 0 fully saturated rings. The fourth-order valence-electron chi connectivity index (χ4n) is 3.89. The van der Waals surface area contributed by atoms with Crippen molar-refractivity contribution in [2.75, 3.05) is 4.90 Å². The number of benzene rings is 3. The van der Waals surface area contributed by atoms with Gasteiger partial charge in [-0.05, 0) is 73.2 Å². The van der Waals surface area contributed by atoms with E-state index in [9.17, 15) is 4.39 Å². The van der Waals surface area contributed by atoms with E-state index < -0.39 is 0 Å². The second kappa shape index (κ2) is 8.77. The number of allylic oxidation sites excluding steroid dienone is 1. The highest BCUT2D eigenvalue weighted by Gasteiger charge is 2.34. The molecule has 0 spiro atoms. The van der Waals surface area contributed by atoms with Gasteiger partial charge < -0.3 is 9.84 Å². The molecule has 1 atom stereocenters. The van der Waals surface area contributed by atoms with Crippen molar-refractivity contribution in [2.24, 2.45) is 0 Å². The summed E-state index contributed by atoms with van der Waals surface area (Å²) in [6.45, 7) is 1.97. The Bertz CT molecular complexity index is 1350. The van der Waals surface area contributed by atoms with E-state index >= 15 is 0 Å². The van der Waals surface area contributed by atoms with Crippen molar-refractivity contribution < 1.29 is 8.91 Å². The molecule has 0 aliphatic carbocycles. The Kier molecular flexibility index (Phi) is 5.66. The summed E-state index contributed by atoms with van der Waals surface area (Å²) < 4.78 is 19.1. The molecule has 0 saturated carbocycles. The topological polar surface area (TPSA) is 54.2 Å². The Hall–Kier alpha value is -3.55. The molecule has 5 rings (SSSR count). The first-order valence-electron chi connectivity index (χ1n) is 10.2. The Balaban J connectivity index is 1.66. The van der Waals surface area contributed by atoms with Crippen molar-refractivity contribution in [3.05, 3.63) is 107 Å². The molecular formula is C25H18ClFN4OS. The lowest BCUT2D eigenvalue weighted by molar-refractivity contribution is 0.404. The van der Waals surface area contributed by atoms with E-state index in [0.29, 0.717) is 27.4 Å². The summed E-state index contributed by atoms with van der Waals surface area (Å²) in [5, 5.41) is 8.71. The van der Waals surface area contributed by atoms with Crippen LogP contribution in [0, 0.1) is 5.82 Å². The van der Waals surface area contributed by atoms with Crippen LogP contribution in [0.2, 0.25) is 5.02 Å². The number of halogens is 2. The van der Waals surface area contributed by atoms with Crippen LogP contribution in [0.1, 0.15) is 24.4 Å². The lowest BCUT2D eigenvalue weighted by atomic mass is 9.94. The molecular weight excluding hydrogens is 459 g/mol. The first-order chi connectivity index (χ1) is 16.0. The summed E-state index contributed by atoms with van der Waals surface area (Å²) >= 11 is 12.0. The zero-order valence-corrected chi connectivity index (χ0v) is 19.1. The first kappa shape index (κ1) is 21.3. The van der Waals surface area contributed by atoms with E-state index in [1.165, 1.54) is 12.1 Å². The van der Waals surface area contributed by atoms with Crippen molar-refractivity contribution >= 4 is 40.2 Å². The summed E-state index contributed by atoms with van der Waals surface area (Å²) in [5.41, 5.74) is 4.10. The third kappa shape index (κ3) is 4.13. The number of nitrogens with one attached hydrogen (secondary N) is 1. The Morgan fingerprint density at radius 3 is 2.52 bits per heavy atom. The smallest absolute Gasteiger partial charge is 0.258 e. The van der Waals surface area contributed by atoms with Gasteiger partial charge in [0.1, 0.15) is 5.82 Å². The molecule has 1 aliphatic rings. The van der Waals surface area contributed by atoms with Gasteiger partial charge in [0.25, 0.3) is 5.89 Å². The summed E-state index contributed by atoms with van der Waals surface area (Å²) in [7, 11) is 0. The van der Waals surface area contributed by atoms with Gasteiger partial charge in [-0.15, -0.1) is 0 Å². The molecule has 1 N–H and O–H groups in total. The number of hydrogen-bond donors (Lipinski definition) is 1. The van der Waals surface area contributed by atoms with Gasteiger partial charge in [0, 0.05) is 22.0 Å². The van der Waals surface area contributed by atoms with Gasteiger partial charge in [0.2, 0.25) is 5.82 Å². The summed E-state index contributed by atoms with van der Waals surface area (Å²) in [5.74, 6) is 0.382. The predicted molar refractivity (Wildman–Crippen MR) is 131 cm³/mol.